The molecule has 84 valence electrons. The minimum absolute atomic E-state index is 0.0337. The van der Waals surface area contributed by atoms with Gasteiger partial charge in [-0.2, -0.15) is 0 Å². The highest BCUT2D eigenvalue weighted by Gasteiger charge is 2.06. The lowest BCUT2D eigenvalue weighted by Gasteiger charge is -2.01. The van der Waals surface area contributed by atoms with Gasteiger partial charge in [0, 0.05) is 22.7 Å². The van der Waals surface area contributed by atoms with Crippen LogP contribution in [0.1, 0.15) is 15.4 Å². The average molecular weight is 274 g/mol. The van der Waals surface area contributed by atoms with Crippen molar-refractivity contribution in [1.82, 2.24) is 4.98 Å². The average Bonchev–Trinajstić information content (AvgIpc) is 2.70. The summed E-state index contributed by atoms with van der Waals surface area (Å²) in [4.78, 5) is 5.07. The lowest BCUT2D eigenvalue weighted by atomic mass is 10.1. The van der Waals surface area contributed by atoms with E-state index in [4.69, 9.17) is 28.3 Å². The molecule has 0 radical (unpaired) electrons. The molecular weight excluding hydrogens is 265 g/mol. The highest BCUT2D eigenvalue weighted by atomic mass is 35.5. The Kier molecular flexibility index (Phi) is 3.82. The maximum atomic E-state index is 8.93. The smallest absolute Gasteiger partial charge is 0.0972 e. The van der Waals surface area contributed by atoms with E-state index in [0.717, 1.165) is 15.4 Å². The second-order valence-electron chi connectivity index (χ2n) is 3.29. The monoisotopic (exact) mass is 273 g/mol. The number of hydrogen-bond donors (Lipinski definition) is 1. The SMILES string of the molecule is OCc1cnc(Cc2ccc(Cl)cc2Cl)s1. The fourth-order valence-corrected chi connectivity index (χ4v) is 2.61. The van der Waals surface area contributed by atoms with Crippen LogP contribution in [0.2, 0.25) is 10.0 Å². The van der Waals surface area contributed by atoms with Crippen LogP contribution in [0.15, 0.2) is 24.4 Å². The summed E-state index contributed by atoms with van der Waals surface area (Å²) >= 11 is 13.4. The van der Waals surface area contributed by atoms with Gasteiger partial charge in [0.1, 0.15) is 0 Å². The molecule has 5 heteroatoms. The summed E-state index contributed by atoms with van der Waals surface area (Å²) in [6, 6.07) is 5.42. The van der Waals surface area contributed by atoms with Crippen molar-refractivity contribution in [3.05, 3.63) is 49.9 Å². The molecular formula is C11H9Cl2NOS. The van der Waals surface area contributed by atoms with Gasteiger partial charge >= 0.3 is 0 Å². The molecule has 0 bridgehead atoms. The van der Waals surface area contributed by atoms with Gasteiger partial charge in [-0.25, -0.2) is 4.98 Å². The summed E-state index contributed by atoms with van der Waals surface area (Å²) in [5.41, 5.74) is 0.991. The van der Waals surface area contributed by atoms with Crippen LogP contribution in [0.5, 0.6) is 0 Å². The van der Waals surface area contributed by atoms with Crippen LogP contribution in [0.3, 0.4) is 0 Å². The lowest BCUT2D eigenvalue weighted by molar-refractivity contribution is 0.285. The van der Waals surface area contributed by atoms with Gasteiger partial charge in [-0.1, -0.05) is 29.3 Å². The number of hydrogen-bond acceptors (Lipinski definition) is 3. The zero-order valence-electron chi connectivity index (χ0n) is 8.28. The number of aliphatic hydroxyl groups excluding tert-OH is 1. The first-order chi connectivity index (χ1) is 7.69. The minimum Gasteiger partial charge on any atom is -0.391 e. The number of halogens is 2. The Bertz CT molecular complexity index is 498. The van der Waals surface area contributed by atoms with E-state index in [-0.39, 0.29) is 6.61 Å². The van der Waals surface area contributed by atoms with Crippen LogP contribution < -0.4 is 0 Å². The van der Waals surface area contributed by atoms with Crippen LogP contribution >= 0.6 is 34.5 Å². The topological polar surface area (TPSA) is 33.1 Å². The fraction of sp³-hybridized carbons (Fsp3) is 0.182. The Balaban J connectivity index is 2.20. The molecule has 0 aliphatic rings. The molecule has 0 saturated heterocycles. The van der Waals surface area contributed by atoms with E-state index in [1.165, 1.54) is 11.3 Å². The third kappa shape index (κ3) is 2.74. The first kappa shape index (κ1) is 11.9. The molecule has 1 heterocycles. The normalized spacial score (nSPS) is 10.7. The number of thiazole rings is 1. The summed E-state index contributed by atoms with van der Waals surface area (Å²) < 4.78 is 0. The highest BCUT2D eigenvalue weighted by molar-refractivity contribution is 7.11. The Hall–Kier alpha value is -0.610. The molecule has 2 aromatic rings. The maximum absolute atomic E-state index is 8.93. The first-order valence-corrected chi connectivity index (χ1v) is 6.24. The second kappa shape index (κ2) is 5.15. The van der Waals surface area contributed by atoms with Gasteiger partial charge in [0.2, 0.25) is 0 Å². The van der Waals surface area contributed by atoms with E-state index in [1.54, 1.807) is 12.3 Å². The van der Waals surface area contributed by atoms with E-state index in [9.17, 15) is 0 Å². The van der Waals surface area contributed by atoms with E-state index < -0.39 is 0 Å². The Morgan fingerprint density at radius 1 is 1.31 bits per heavy atom. The van der Waals surface area contributed by atoms with Crippen LogP contribution in [0.25, 0.3) is 0 Å². The summed E-state index contributed by atoms with van der Waals surface area (Å²) in [5.74, 6) is 0. The van der Waals surface area contributed by atoms with E-state index in [2.05, 4.69) is 4.98 Å². The molecule has 1 aromatic heterocycles. The van der Waals surface area contributed by atoms with E-state index in [0.29, 0.717) is 16.5 Å². The fourth-order valence-electron chi connectivity index (χ4n) is 1.33. The van der Waals surface area contributed by atoms with Crippen molar-refractivity contribution in [3.8, 4) is 0 Å². The van der Waals surface area contributed by atoms with Crippen LogP contribution in [0.4, 0.5) is 0 Å². The van der Waals surface area contributed by atoms with Gasteiger partial charge in [-0.3, -0.25) is 0 Å². The third-order valence-electron chi connectivity index (χ3n) is 2.11. The van der Waals surface area contributed by atoms with Gasteiger partial charge in [0.15, 0.2) is 0 Å². The maximum Gasteiger partial charge on any atom is 0.0972 e. The van der Waals surface area contributed by atoms with E-state index >= 15 is 0 Å². The molecule has 16 heavy (non-hydrogen) atoms. The van der Waals surface area contributed by atoms with Crippen molar-refractivity contribution in [2.24, 2.45) is 0 Å². The molecule has 0 amide bonds. The number of nitrogens with zero attached hydrogens (tertiary/aromatic N) is 1. The van der Waals surface area contributed by atoms with Crippen molar-refractivity contribution in [2.75, 3.05) is 0 Å². The van der Waals surface area contributed by atoms with Crippen LogP contribution in [0, 0.1) is 0 Å². The summed E-state index contributed by atoms with van der Waals surface area (Å²) in [5, 5.41) is 11.1. The Labute approximate surface area is 107 Å². The van der Waals surface area contributed by atoms with Gasteiger partial charge in [0.05, 0.1) is 16.5 Å². The van der Waals surface area contributed by atoms with Crippen molar-refractivity contribution in [1.29, 1.82) is 0 Å². The zero-order chi connectivity index (χ0) is 11.5. The molecule has 0 saturated carbocycles. The first-order valence-electron chi connectivity index (χ1n) is 4.67. The largest absolute Gasteiger partial charge is 0.391 e. The van der Waals surface area contributed by atoms with Gasteiger partial charge in [0.25, 0.3) is 0 Å². The molecule has 1 aromatic carbocycles. The zero-order valence-corrected chi connectivity index (χ0v) is 10.6. The van der Waals surface area contributed by atoms with Crippen molar-refractivity contribution >= 4 is 34.5 Å². The predicted octanol–water partition coefficient (Wildman–Crippen LogP) is 3.53. The minimum atomic E-state index is 0.0337. The quantitative estimate of drug-likeness (QED) is 0.928. The molecule has 0 aliphatic heterocycles. The Morgan fingerprint density at radius 2 is 2.12 bits per heavy atom. The summed E-state index contributed by atoms with van der Waals surface area (Å²) in [6.07, 6.45) is 2.35. The highest BCUT2D eigenvalue weighted by Crippen LogP contribution is 2.24. The number of rotatable bonds is 3. The standard InChI is InChI=1S/C11H9Cl2NOS/c12-8-2-1-7(10(13)4-8)3-11-14-5-9(6-15)16-11/h1-2,4-5,15H,3,6H2. The number of benzene rings is 1. The van der Waals surface area contributed by atoms with Gasteiger partial charge in [-0.05, 0) is 17.7 Å². The molecule has 0 spiro atoms. The summed E-state index contributed by atoms with van der Waals surface area (Å²) in [7, 11) is 0. The Morgan fingerprint density at radius 3 is 2.75 bits per heavy atom. The molecule has 2 rings (SSSR count). The molecule has 0 unspecified atom stereocenters. The molecule has 1 N–H and O–H groups in total. The second-order valence-corrected chi connectivity index (χ2v) is 5.33. The number of aliphatic hydroxyl groups is 1. The predicted molar refractivity (Wildman–Crippen MR) is 67.3 cm³/mol. The van der Waals surface area contributed by atoms with Gasteiger partial charge in [-0.15, -0.1) is 11.3 Å². The van der Waals surface area contributed by atoms with Gasteiger partial charge < -0.3 is 5.11 Å². The van der Waals surface area contributed by atoms with Crippen LogP contribution in [-0.2, 0) is 13.0 Å². The van der Waals surface area contributed by atoms with Crippen molar-refractivity contribution in [3.63, 3.8) is 0 Å². The van der Waals surface area contributed by atoms with Crippen LogP contribution in [-0.4, -0.2) is 10.1 Å². The molecule has 0 fully saturated rings. The van der Waals surface area contributed by atoms with Crippen molar-refractivity contribution in [2.45, 2.75) is 13.0 Å². The van der Waals surface area contributed by atoms with E-state index in [1.807, 2.05) is 12.1 Å². The number of aromatic nitrogens is 1. The van der Waals surface area contributed by atoms with Crippen molar-refractivity contribution < 1.29 is 5.11 Å². The molecule has 0 atom stereocenters. The lowest BCUT2D eigenvalue weighted by Crippen LogP contribution is -1.87. The third-order valence-corrected chi connectivity index (χ3v) is 3.68. The summed E-state index contributed by atoms with van der Waals surface area (Å²) in [6.45, 7) is 0.0337. The molecule has 0 aliphatic carbocycles. The molecule has 2 nitrogen and oxygen atoms in total.